The van der Waals surface area contributed by atoms with Gasteiger partial charge in [0.05, 0.1) is 22.2 Å². The summed E-state index contributed by atoms with van der Waals surface area (Å²) in [5.41, 5.74) is 0. The van der Waals surface area contributed by atoms with Crippen molar-refractivity contribution in [1.82, 2.24) is 0 Å². The molecule has 0 amide bonds. The molecule has 4 nitrogen and oxygen atoms in total. The Hall–Kier alpha value is 0.981. The van der Waals surface area contributed by atoms with Gasteiger partial charge >= 0.3 is 19.5 Å². The molecule has 0 heterocycles. The summed E-state index contributed by atoms with van der Waals surface area (Å²) in [5.74, 6) is 0. The van der Waals surface area contributed by atoms with Gasteiger partial charge in [0.15, 0.2) is 0 Å². The summed E-state index contributed by atoms with van der Waals surface area (Å²) in [6, 6.07) is 0. The van der Waals surface area contributed by atoms with Crippen molar-refractivity contribution in [3.63, 3.8) is 0 Å². The van der Waals surface area contributed by atoms with Gasteiger partial charge in [-0.1, -0.05) is 0 Å². The van der Waals surface area contributed by atoms with Crippen molar-refractivity contribution < 1.29 is 44.1 Å². The maximum absolute atomic E-state index is 9.92. The maximum atomic E-state index is 9.92. The first-order chi connectivity index (χ1) is 3.46. The van der Waals surface area contributed by atoms with Crippen LogP contribution in [0.5, 0.6) is 0 Å². The molecule has 0 saturated carbocycles. The Balaban J connectivity index is -0.0000000300. The summed E-state index contributed by atoms with van der Waals surface area (Å²) < 4.78 is 53.2. The van der Waals surface area contributed by atoms with Crippen LogP contribution in [-0.2, 0) is 58.5 Å². The molecule has 0 unspecified atom stereocenters. The van der Waals surface area contributed by atoms with Crippen LogP contribution in [0, 0.1) is 0 Å². The summed E-state index contributed by atoms with van der Waals surface area (Å²) in [6.07, 6.45) is 0. The number of hydrogen-bond acceptors (Lipinski definition) is 6. The third-order valence-electron chi connectivity index (χ3n) is 0. The molecule has 0 spiro atoms. The predicted molar refractivity (Wildman–Crippen MR) is 26.8 cm³/mol. The molecule has 0 rings (SSSR count). The Kier molecular flexibility index (Phi) is 37.1. The minimum atomic E-state index is -3.36. The normalized spacial score (nSPS) is 6.80. The van der Waals surface area contributed by atoms with Crippen molar-refractivity contribution in [1.29, 1.82) is 0 Å². The predicted octanol–water partition coefficient (Wildman–Crippen LogP) is -0.291. The van der Waals surface area contributed by atoms with Crippen molar-refractivity contribution >= 4 is 41.0 Å². The second-order valence-corrected chi connectivity index (χ2v) is 1.16. The second-order valence-electron chi connectivity index (χ2n) is 0.388. The molecule has 0 aromatic carbocycles. The van der Waals surface area contributed by atoms with Gasteiger partial charge < -0.3 is 24.6 Å². The van der Waals surface area contributed by atoms with E-state index in [0.29, 0.717) is 0 Å². The average molecular weight is 275 g/mol. The van der Waals surface area contributed by atoms with E-state index in [1.165, 1.54) is 0 Å². The number of halogens is 2. The molecule has 0 bridgehead atoms. The average Bonchev–Trinajstić information content (AvgIpc) is 1.25. The molecule has 0 saturated heterocycles. The molecule has 0 fully saturated rings. The molecule has 0 aliphatic rings. The van der Waals surface area contributed by atoms with E-state index in [9.17, 15) is 7.77 Å². The summed E-state index contributed by atoms with van der Waals surface area (Å²) in [6.45, 7) is 0. The standard InChI is InChI=1S/2FO2S.Li.Ru.H/c2*1-4(2)3;;;/q2*-1;;+2;. The van der Waals surface area contributed by atoms with Crippen LogP contribution in [0.4, 0.5) is 7.77 Å². The van der Waals surface area contributed by atoms with Crippen molar-refractivity contribution in [3.8, 4) is 0 Å². The van der Waals surface area contributed by atoms with Crippen LogP contribution in [0.1, 0.15) is 0 Å². The minimum absolute atomic E-state index is 0. The van der Waals surface area contributed by atoms with Gasteiger partial charge in [-0.3, -0.25) is 0 Å². The molecule has 0 aromatic rings. The number of hydrogen-bond donors (Lipinski definition) is 0. The van der Waals surface area contributed by atoms with Crippen LogP contribution in [0.25, 0.3) is 0 Å². The zero-order valence-corrected chi connectivity index (χ0v) is 8.07. The van der Waals surface area contributed by atoms with Gasteiger partial charge in [0.25, 0.3) is 0 Å². The molecule has 10 heteroatoms. The van der Waals surface area contributed by atoms with Crippen molar-refractivity contribution in [2.75, 3.05) is 0 Å². The Labute approximate surface area is 84.8 Å². The van der Waals surface area contributed by atoms with E-state index in [2.05, 4.69) is 0 Å². The fourth-order valence-corrected chi connectivity index (χ4v) is 0. The summed E-state index contributed by atoms with van der Waals surface area (Å²) in [5, 5.41) is 0. The quantitative estimate of drug-likeness (QED) is 0.346. The first-order valence-corrected chi connectivity index (χ1v) is 2.93. The molecule has 0 aromatic heterocycles. The molecule has 60 valence electrons. The van der Waals surface area contributed by atoms with Crippen LogP contribution in [0.2, 0.25) is 0 Å². The van der Waals surface area contributed by atoms with E-state index in [1.807, 2.05) is 0 Å². The van der Waals surface area contributed by atoms with E-state index in [4.69, 9.17) is 16.8 Å². The third-order valence-corrected chi connectivity index (χ3v) is 0. The van der Waals surface area contributed by atoms with Crippen molar-refractivity contribution in [2.45, 2.75) is 0 Å². The molecular formula is HF2LiO4RuS2. The zero-order valence-electron chi connectivity index (χ0n) is 4.58. The Morgan fingerprint density at radius 3 is 0.800 bits per heavy atom. The molecule has 0 atom stereocenters. The van der Waals surface area contributed by atoms with E-state index >= 15 is 0 Å². The van der Waals surface area contributed by atoms with Crippen LogP contribution in [-0.4, -0.2) is 18.9 Å². The van der Waals surface area contributed by atoms with Gasteiger partial charge in [-0.15, -0.1) is 0 Å². The fourth-order valence-electron chi connectivity index (χ4n) is 0. The van der Waals surface area contributed by atoms with Gasteiger partial charge in [-0.25, -0.2) is 0 Å². The van der Waals surface area contributed by atoms with Gasteiger partial charge in [0.1, 0.15) is 0 Å². The fraction of sp³-hybridized carbons (Fsp3) is 0. The van der Waals surface area contributed by atoms with E-state index in [1.54, 1.807) is 0 Å². The van der Waals surface area contributed by atoms with E-state index < -0.39 is 22.2 Å². The number of rotatable bonds is 0. The molecular weight excluding hydrogens is 274 g/mol. The van der Waals surface area contributed by atoms with Gasteiger partial charge in [-0.05, 0) is 0 Å². The van der Waals surface area contributed by atoms with Gasteiger partial charge in [-0.2, -0.15) is 0 Å². The summed E-state index contributed by atoms with van der Waals surface area (Å²) in [4.78, 5) is 0. The molecule has 10 heavy (non-hydrogen) atoms. The Bertz CT molecular complexity index is 138. The summed E-state index contributed by atoms with van der Waals surface area (Å²) >= 11 is -6.72. The SMILES string of the molecule is O=[S-](=O)F.O=[S-](=O)F.[Li].[RuH+2]. The van der Waals surface area contributed by atoms with Crippen LogP contribution < -0.4 is 0 Å². The Morgan fingerprint density at radius 1 is 0.800 bits per heavy atom. The van der Waals surface area contributed by atoms with E-state index in [0.717, 1.165) is 0 Å². The van der Waals surface area contributed by atoms with Crippen LogP contribution in [0.15, 0.2) is 0 Å². The van der Waals surface area contributed by atoms with Crippen LogP contribution >= 0.6 is 0 Å². The van der Waals surface area contributed by atoms with Crippen LogP contribution in [0.3, 0.4) is 0 Å². The van der Waals surface area contributed by atoms with Crippen molar-refractivity contribution in [2.24, 2.45) is 0 Å². The molecule has 0 N–H and O–H groups in total. The monoisotopic (exact) mass is 276 g/mol. The first-order valence-electron chi connectivity index (χ1n) is 0.975. The third kappa shape index (κ3) is 595. The van der Waals surface area contributed by atoms with Gasteiger partial charge in [0.2, 0.25) is 0 Å². The Morgan fingerprint density at radius 2 is 0.800 bits per heavy atom. The second kappa shape index (κ2) is 16.5. The first kappa shape index (κ1) is 22.4. The summed E-state index contributed by atoms with van der Waals surface area (Å²) in [7, 11) is 0. The molecule has 0 aliphatic heterocycles. The topological polar surface area (TPSA) is 68.3 Å². The molecule has 1 radical (unpaired) electrons. The zero-order chi connectivity index (χ0) is 7.15. The molecule has 0 aliphatic carbocycles. The van der Waals surface area contributed by atoms with Gasteiger partial charge in [0, 0.05) is 18.9 Å². The van der Waals surface area contributed by atoms with E-state index in [-0.39, 0.29) is 38.3 Å². The van der Waals surface area contributed by atoms with Crippen molar-refractivity contribution in [3.05, 3.63) is 0 Å².